The monoisotopic (exact) mass is 252 g/mol. The number of hydrogen-bond acceptors (Lipinski definition) is 3. The predicted octanol–water partition coefficient (Wildman–Crippen LogP) is 2.01. The van der Waals surface area contributed by atoms with Gasteiger partial charge < -0.3 is 5.73 Å². The summed E-state index contributed by atoms with van der Waals surface area (Å²) < 4.78 is 52.0. The van der Waals surface area contributed by atoms with E-state index in [1.807, 2.05) is 0 Å². The van der Waals surface area contributed by atoms with E-state index in [1.165, 1.54) is 0 Å². The Balaban J connectivity index is 3.12. The van der Waals surface area contributed by atoms with Gasteiger partial charge in [-0.25, -0.2) is 13.2 Å². The van der Waals surface area contributed by atoms with E-state index in [9.17, 15) is 27.7 Å². The third kappa shape index (κ3) is 3.13. The van der Waals surface area contributed by atoms with Gasteiger partial charge in [0, 0.05) is 6.42 Å². The van der Waals surface area contributed by atoms with Crippen molar-refractivity contribution in [3.05, 3.63) is 39.4 Å². The van der Waals surface area contributed by atoms with Crippen molar-refractivity contribution in [2.45, 2.75) is 12.3 Å². The summed E-state index contributed by atoms with van der Waals surface area (Å²) in [6.07, 6.45) is -1.11. The van der Waals surface area contributed by atoms with Gasteiger partial charge in [-0.15, -0.1) is 0 Å². The van der Waals surface area contributed by atoms with E-state index >= 15 is 0 Å². The Labute approximate surface area is 93.2 Å². The molecule has 0 aromatic heterocycles. The second-order valence-electron chi connectivity index (χ2n) is 3.39. The van der Waals surface area contributed by atoms with Crippen molar-refractivity contribution < 1.29 is 22.5 Å². The highest BCUT2D eigenvalue weighted by atomic mass is 19.3. The Kier molecular flexibility index (Phi) is 3.66. The molecule has 0 saturated carbocycles. The van der Waals surface area contributed by atoms with E-state index in [1.54, 1.807) is 0 Å². The number of nitrogens with two attached hydrogens (primary N) is 1. The molecule has 0 atom stereocenters. The average Bonchev–Trinajstić information content (AvgIpc) is 2.22. The minimum Gasteiger partial charge on any atom is -0.325 e. The van der Waals surface area contributed by atoms with Crippen LogP contribution in [0.1, 0.15) is 5.56 Å². The van der Waals surface area contributed by atoms with Gasteiger partial charge in [0.15, 0.2) is 0 Å². The van der Waals surface area contributed by atoms with Gasteiger partial charge >= 0.3 is 5.69 Å². The molecule has 4 nitrogen and oxygen atoms in total. The van der Waals surface area contributed by atoms with Crippen LogP contribution in [0.15, 0.2) is 12.1 Å². The molecule has 0 amide bonds. The van der Waals surface area contributed by atoms with Gasteiger partial charge in [-0.3, -0.25) is 10.1 Å². The van der Waals surface area contributed by atoms with Gasteiger partial charge in [0.2, 0.25) is 5.82 Å². The summed E-state index contributed by atoms with van der Waals surface area (Å²) in [6.45, 7) is -1.02. The molecule has 94 valence electrons. The topological polar surface area (TPSA) is 69.2 Å². The molecule has 1 aromatic rings. The van der Waals surface area contributed by atoms with Crippen molar-refractivity contribution in [1.29, 1.82) is 0 Å². The zero-order valence-electron chi connectivity index (χ0n) is 8.42. The van der Waals surface area contributed by atoms with Crippen molar-refractivity contribution in [2.75, 3.05) is 6.54 Å². The van der Waals surface area contributed by atoms with E-state index in [4.69, 9.17) is 5.73 Å². The number of halogens is 4. The van der Waals surface area contributed by atoms with Crippen LogP contribution in [-0.2, 0) is 6.42 Å². The summed E-state index contributed by atoms with van der Waals surface area (Å²) in [5.74, 6) is -6.01. The fourth-order valence-corrected chi connectivity index (χ4v) is 1.20. The molecule has 1 rings (SSSR count). The third-order valence-corrected chi connectivity index (χ3v) is 2.06. The molecule has 2 N–H and O–H groups in total. The van der Waals surface area contributed by atoms with Crippen LogP contribution in [0, 0.1) is 21.7 Å². The van der Waals surface area contributed by atoms with Crippen molar-refractivity contribution in [1.82, 2.24) is 0 Å². The van der Waals surface area contributed by atoms with Crippen molar-refractivity contribution >= 4 is 5.69 Å². The lowest BCUT2D eigenvalue weighted by molar-refractivity contribution is -0.387. The maximum atomic E-state index is 13.2. The van der Waals surface area contributed by atoms with Crippen LogP contribution in [0.4, 0.5) is 23.2 Å². The van der Waals surface area contributed by atoms with E-state index in [-0.39, 0.29) is 6.07 Å². The number of benzene rings is 1. The molecule has 0 spiro atoms. The van der Waals surface area contributed by atoms with Crippen LogP contribution in [0.3, 0.4) is 0 Å². The second kappa shape index (κ2) is 4.66. The van der Waals surface area contributed by atoms with E-state index in [2.05, 4.69) is 0 Å². The molecule has 1 aromatic carbocycles. The lowest BCUT2D eigenvalue weighted by Crippen LogP contribution is -2.30. The SMILES string of the molecule is NCC(F)(F)Cc1cc(F)c([N+](=O)[O-])cc1F. The molecule has 8 heteroatoms. The van der Waals surface area contributed by atoms with Gasteiger partial charge in [-0.05, 0) is 11.6 Å². The first-order valence-corrected chi connectivity index (χ1v) is 4.47. The molecule has 0 bridgehead atoms. The summed E-state index contributed by atoms with van der Waals surface area (Å²) >= 11 is 0. The molecule has 0 radical (unpaired) electrons. The predicted molar refractivity (Wildman–Crippen MR) is 50.7 cm³/mol. The third-order valence-electron chi connectivity index (χ3n) is 2.06. The summed E-state index contributed by atoms with van der Waals surface area (Å²) in [5, 5.41) is 10.3. The molecule has 0 heterocycles. The number of nitro groups is 1. The smallest absolute Gasteiger partial charge is 0.307 e. The molecule has 0 unspecified atom stereocenters. The molecule has 0 aliphatic rings. The van der Waals surface area contributed by atoms with Crippen LogP contribution < -0.4 is 5.73 Å². The highest BCUT2D eigenvalue weighted by Gasteiger charge is 2.30. The zero-order valence-corrected chi connectivity index (χ0v) is 8.42. The minimum absolute atomic E-state index is 0.275. The van der Waals surface area contributed by atoms with Crippen LogP contribution in [0.5, 0.6) is 0 Å². The van der Waals surface area contributed by atoms with Gasteiger partial charge in [-0.2, -0.15) is 4.39 Å². The standard InChI is InChI=1S/C9H8F4N2O2/c10-6-2-8(15(16)17)7(11)1-5(6)3-9(12,13)4-14/h1-2H,3-4,14H2. The number of alkyl halides is 2. The Morgan fingerprint density at radius 1 is 1.29 bits per heavy atom. The normalized spacial score (nSPS) is 11.6. The van der Waals surface area contributed by atoms with Crippen molar-refractivity contribution in [2.24, 2.45) is 5.73 Å². The number of nitrogens with zero attached hydrogens (tertiary/aromatic N) is 1. The lowest BCUT2D eigenvalue weighted by atomic mass is 10.1. The van der Waals surface area contributed by atoms with E-state index in [0.717, 1.165) is 0 Å². The first-order valence-electron chi connectivity index (χ1n) is 4.47. The molecule has 17 heavy (non-hydrogen) atoms. The Morgan fingerprint density at radius 3 is 2.35 bits per heavy atom. The van der Waals surface area contributed by atoms with Crippen LogP contribution in [0.25, 0.3) is 0 Å². The molecule has 0 aliphatic carbocycles. The van der Waals surface area contributed by atoms with Gasteiger partial charge in [0.1, 0.15) is 5.82 Å². The number of nitro benzene ring substituents is 1. The Morgan fingerprint density at radius 2 is 1.88 bits per heavy atom. The first kappa shape index (κ1) is 13.4. The number of hydrogen-bond donors (Lipinski definition) is 1. The van der Waals surface area contributed by atoms with E-state index in [0.29, 0.717) is 6.07 Å². The second-order valence-corrected chi connectivity index (χ2v) is 3.39. The van der Waals surface area contributed by atoms with Gasteiger partial charge in [-0.1, -0.05) is 0 Å². The Bertz CT molecular complexity index is 451. The quantitative estimate of drug-likeness (QED) is 0.506. The average molecular weight is 252 g/mol. The minimum atomic E-state index is -3.39. The van der Waals surface area contributed by atoms with Gasteiger partial charge in [0.05, 0.1) is 17.5 Å². The van der Waals surface area contributed by atoms with Gasteiger partial charge in [0.25, 0.3) is 5.92 Å². The van der Waals surface area contributed by atoms with Crippen LogP contribution in [-0.4, -0.2) is 17.4 Å². The summed E-state index contributed by atoms with van der Waals surface area (Å²) in [4.78, 5) is 9.12. The fraction of sp³-hybridized carbons (Fsp3) is 0.333. The lowest BCUT2D eigenvalue weighted by Gasteiger charge is -2.14. The van der Waals surface area contributed by atoms with Crippen molar-refractivity contribution in [3.8, 4) is 0 Å². The Hall–Kier alpha value is -1.70. The summed E-state index contributed by atoms with van der Waals surface area (Å²) in [7, 11) is 0. The van der Waals surface area contributed by atoms with Crippen molar-refractivity contribution in [3.63, 3.8) is 0 Å². The zero-order chi connectivity index (χ0) is 13.2. The highest BCUT2D eigenvalue weighted by molar-refractivity contribution is 5.36. The van der Waals surface area contributed by atoms with Crippen LogP contribution in [0.2, 0.25) is 0 Å². The maximum absolute atomic E-state index is 13.2. The first-order chi connectivity index (χ1) is 7.76. The largest absolute Gasteiger partial charge is 0.325 e. The highest BCUT2D eigenvalue weighted by Crippen LogP contribution is 2.26. The molecule has 0 saturated heterocycles. The molecule has 0 aliphatic heterocycles. The molecule has 0 fully saturated rings. The molecular weight excluding hydrogens is 244 g/mol. The summed E-state index contributed by atoms with van der Waals surface area (Å²) in [5.41, 5.74) is 3.00. The number of rotatable bonds is 4. The maximum Gasteiger partial charge on any atom is 0.307 e. The summed E-state index contributed by atoms with van der Waals surface area (Å²) in [6, 6.07) is 0.661. The van der Waals surface area contributed by atoms with E-state index < -0.39 is 46.7 Å². The molecular formula is C9H8F4N2O2. The fourth-order valence-electron chi connectivity index (χ4n) is 1.20. The van der Waals surface area contributed by atoms with Crippen LogP contribution >= 0.6 is 0 Å².